The van der Waals surface area contributed by atoms with Crippen LogP contribution in [0.5, 0.6) is 0 Å². The number of hydrogen-bond acceptors (Lipinski definition) is 4. The molecule has 6 heteroatoms. The molecular weight excluding hydrogens is 362 g/mol. The van der Waals surface area contributed by atoms with Crippen molar-refractivity contribution in [1.82, 2.24) is 20.4 Å². The first-order valence-corrected chi connectivity index (χ1v) is 11.4. The number of nitrogens with one attached hydrogen (secondary N) is 2. The third kappa shape index (κ3) is 5.30. The molecule has 0 amide bonds. The lowest BCUT2D eigenvalue weighted by atomic mass is 9.89. The number of ether oxygens (including phenoxy) is 1. The second kappa shape index (κ2) is 9.92. The Morgan fingerprint density at radius 1 is 1.14 bits per heavy atom. The lowest BCUT2D eigenvalue weighted by molar-refractivity contribution is -0.0250. The molecule has 4 fully saturated rings. The van der Waals surface area contributed by atoms with Gasteiger partial charge in [0.25, 0.3) is 0 Å². The van der Waals surface area contributed by atoms with Gasteiger partial charge in [-0.2, -0.15) is 0 Å². The maximum Gasteiger partial charge on any atom is 0.191 e. The van der Waals surface area contributed by atoms with Crippen molar-refractivity contribution in [3.8, 4) is 0 Å². The van der Waals surface area contributed by atoms with E-state index in [2.05, 4.69) is 58.5 Å². The van der Waals surface area contributed by atoms with Crippen molar-refractivity contribution in [2.24, 2.45) is 10.9 Å². The molecule has 1 aromatic carbocycles. The zero-order chi connectivity index (χ0) is 20.1. The molecule has 3 unspecified atom stereocenters. The molecule has 5 rings (SSSR count). The number of piperazine rings is 3. The molecule has 6 nitrogen and oxygen atoms in total. The van der Waals surface area contributed by atoms with Crippen LogP contribution in [-0.2, 0) is 4.74 Å². The summed E-state index contributed by atoms with van der Waals surface area (Å²) in [5, 5.41) is 7.04. The van der Waals surface area contributed by atoms with E-state index in [1.54, 1.807) is 0 Å². The minimum absolute atomic E-state index is 0.156. The van der Waals surface area contributed by atoms with Crippen LogP contribution in [0, 0.1) is 12.8 Å². The van der Waals surface area contributed by atoms with Gasteiger partial charge in [0.2, 0.25) is 0 Å². The van der Waals surface area contributed by atoms with E-state index in [-0.39, 0.29) is 6.10 Å². The smallest absolute Gasteiger partial charge is 0.191 e. The molecule has 3 atom stereocenters. The van der Waals surface area contributed by atoms with Crippen LogP contribution in [0.1, 0.15) is 37.0 Å². The van der Waals surface area contributed by atoms with Crippen LogP contribution in [0.25, 0.3) is 0 Å². The fourth-order valence-electron chi connectivity index (χ4n) is 4.84. The maximum absolute atomic E-state index is 6.18. The summed E-state index contributed by atoms with van der Waals surface area (Å²) in [6.07, 6.45) is 2.45. The van der Waals surface area contributed by atoms with Crippen LogP contribution in [0.15, 0.2) is 29.3 Å². The summed E-state index contributed by atoms with van der Waals surface area (Å²) in [4.78, 5) is 10.2. The first-order valence-electron chi connectivity index (χ1n) is 11.4. The van der Waals surface area contributed by atoms with Gasteiger partial charge in [0.1, 0.15) is 0 Å². The highest BCUT2D eigenvalue weighted by molar-refractivity contribution is 5.79. The minimum Gasteiger partial charge on any atom is -0.373 e. The first-order chi connectivity index (χ1) is 14.2. The van der Waals surface area contributed by atoms with Gasteiger partial charge in [-0.1, -0.05) is 29.8 Å². The van der Waals surface area contributed by atoms with Crippen molar-refractivity contribution in [1.29, 1.82) is 0 Å². The average Bonchev–Trinajstić information content (AvgIpc) is 2.77. The van der Waals surface area contributed by atoms with E-state index in [4.69, 9.17) is 9.73 Å². The van der Waals surface area contributed by atoms with Gasteiger partial charge >= 0.3 is 0 Å². The number of benzene rings is 1. The number of aliphatic imine (C=N–C) groups is 1. The Hall–Kier alpha value is -1.63. The van der Waals surface area contributed by atoms with Gasteiger partial charge in [-0.05, 0) is 32.3 Å². The molecular formula is C23H37N5O. The summed E-state index contributed by atoms with van der Waals surface area (Å²) >= 11 is 0. The molecule has 4 aliphatic heterocycles. The van der Waals surface area contributed by atoms with Crippen LogP contribution < -0.4 is 10.6 Å². The Morgan fingerprint density at radius 2 is 1.93 bits per heavy atom. The van der Waals surface area contributed by atoms with Crippen molar-refractivity contribution >= 4 is 5.96 Å². The number of fused-ring (bicyclic) bond motifs is 3. The summed E-state index contributed by atoms with van der Waals surface area (Å²) in [5.74, 6) is 1.38. The van der Waals surface area contributed by atoms with Gasteiger partial charge < -0.3 is 15.4 Å². The number of guanidine groups is 1. The quantitative estimate of drug-likeness (QED) is 0.566. The van der Waals surface area contributed by atoms with E-state index in [9.17, 15) is 0 Å². The highest BCUT2D eigenvalue weighted by atomic mass is 16.5. The van der Waals surface area contributed by atoms with E-state index < -0.39 is 0 Å². The molecule has 0 aliphatic carbocycles. The Morgan fingerprint density at radius 3 is 2.62 bits per heavy atom. The maximum atomic E-state index is 6.18. The van der Waals surface area contributed by atoms with Crippen molar-refractivity contribution in [2.75, 3.05) is 59.0 Å². The Labute approximate surface area is 175 Å². The zero-order valence-corrected chi connectivity index (χ0v) is 18.1. The Kier molecular flexibility index (Phi) is 7.06. The van der Waals surface area contributed by atoms with Crippen LogP contribution in [0.4, 0.5) is 0 Å². The van der Waals surface area contributed by atoms with Crippen molar-refractivity contribution in [3.63, 3.8) is 0 Å². The third-order valence-electron chi connectivity index (χ3n) is 6.58. The number of aryl methyl sites for hydroxylation is 1. The summed E-state index contributed by atoms with van der Waals surface area (Å²) in [6.45, 7) is 13.8. The topological polar surface area (TPSA) is 52.1 Å². The molecule has 2 bridgehead atoms. The average molecular weight is 400 g/mol. The van der Waals surface area contributed by atoms with Gasteiger partial charge in [0.15, 0.2) is 5.96 Å². The molecule has 4 heterocycles. The first kappa shape index (κ1) is 20.6. The fourth-order valence-corrected chi connectivity index (χ4v) is 4.84. The Bertz CT molecular complexity index is 668. The van der Waals surface area contributed by atoms with Crippen LogP contribution in [-0.4, -0.2) is 80.8 Å². The normalized spacial score (nSPS) is 32.2. The van der Waals surface area contributed by atoms with E-state index in [0.717, 1.165) is 38.6 Å². The van der Waals surface area contributed by atoms with Gasteiger partial charge in [0.05, 0.1) is 6.10 Å². The number of rotatable bonds is 6. The second-order valence-corrected chi connectivity index (χ2v) is 8.70. The monoisotopic (exact) mass is 399 g/mol. The molecule has 29 heavy (non-hydrogen) atoms. The highest BCUT2D eigenvalue weighted by Crippen LogP contribution is 2.34. The van der Waals surface area contributed by atoms with Crippen molar-refractivity contribution < 1.29 is 4.74 Å². The summed E-state index contributed by atoms with van der Waals surface area (Å²) < 4.78 is 6.18. The van der Waals surface area contributed by atoms with Gasteiger partial charge in [-0.15, -0.1) is 0 Å². The fraction of sp³-hybridized carbons (Fsp3) is 0.696. The van der Waals surface area contributed by atoms with Gasteiger partial charge in [-0.3, -0.25) is 14.8 Å². The SMILES string of the molecule is CCNC(=NCC1CCCOC1c1ccc(C)cc1)NCC1CN2CCN1CC2. The summed E-state index contributed by atoms with van der Waals surface area (Å²) in [7, 11) is 0. The van der Waals surface area contributed by atoms with Crippen LogP contribution >= 0.6 is 0 Å². The molecule has 1 aromatic rings. The van der Waals surface area contributed by atoms with Gasteiger partial charge in [0, 0.05) is 70.9 Å². The van der Waals surface area contributed by atoms with E-state index in [0.29, 0.717) is 12.0 Å². The Balaban J connectivity index is 1.36. The lowest BCUT2D eigenvalue weighted by Gasteiger charge is -2.47. The molecule has 0 radical (unpaired) electrons. The highest BCUT2D eigenvalue weighted by Gasteiger charge is 2.32. The van der Waals surface area contributed by atoms with E-state index in [1.807, 2.05) is 0 Å². The number of hydrogen-bond donors (Lipinski definition) is 2. The zero-order valence-electron chi connectivity index (χ0n) is 18.1. The third-order valence-corrected chi connectivity index (χ3v) is 6.58. The predicted octanol–water partition coefficient (Wildman–Crippen LogP) is 2.02. The molecule has 2 N–H and O–H groups in total. The van der Waals surface area contributed by atoms with Crippen LogP contribution in [0.2, 0.25) is 0 Å². The predicted molar refractivity (Wildman–Crippen MR) is 118 cm³/mol. The molecule has 160 valence electrons. The second-order valence-electron chi connectivity index (χ2n) is 8.70. The summed E-state index contributed by atoms with van der Waals surface area (Å²) in [5.41, 5.74) is 2.58. The molecule has 0 saturated carbocycles. The molecule has 4 aliphatic rings. The van der Waals surface area contributed by atoms with Crippen molar-refractivity contribution in [3.05, 3.63) is 35.4 Å². The molecule has 4 saturated heterocycles. The molecule has 0 aromatic heterocycles. The standard InChI is InChI=1S/C23H37N5O/c1-3-24-23(26-16-21-17-27-10-12-28(21)13-11-27)25-15-20-5-4-14-29-22(20)19-8-6-18(2)7-9-19/h6-9,20-22H,3-5,10-17H2,1-2H3,(H2,24,25,26). The van der Waals surface area contributed by atoms with Gasteiger partial charge in [-0.25, -0.2) is 0 Å². The minimum atomic E-state index is 0.156. The molecule has 0 spiro atoms. The van der Waals surface area contributed by atoms with Crippen molar-refractivity contribution in [2.45, 2.75) is 38.8 Å². The van der Waals surface area contributed by atoms with Crippen LogP contribution in [0.3, 0.4) is 0 Å². The van der Waals surface area contributed by atoms with E-state index >= 15 is 0 Å². The lowest BCUT2D eigenvalue weighted by Crippen LogP contribution is -2.63. The number of nitrogens with zero attached hydrogens (tertiary/aromatic N) is 3. The summed E-state index contributed by atoms with van der Waals surface area (Å²) in [6, 6.07) is 9.39. The van der Waals surface area contributed by atoms with E-state index in [1.165, 1.54) is 50.3 Å². The largest absolute Gasteiger partial charge is 0.373 e.